The number of aliphatic hydroxyl groups is 1. The molecule has 0 bridgehead atoms. The molecule has 0 saturated heterocycles. The molecule has 7 nitrogen and oxygen atoms in total. The first-order valence-corrected chi connectivity index (χ1v) is 8.69. The van der Waals surface area contributed by atoms with E-state index < -0.39 is 23.5 Å². The van der Waals surface area contributed by atoms with Gasteiger partial charge in [-0.1, -0.05) is 0 Å². The molecule has 0 radical (unpaired) electrons. The van der Waals surface area contributed by atoms with Crippen LogP contribution in [0.3, 0.4) is 0 Å². The number of hydrogen-bond acceptors (Lipinski definition) is 5. The molecule has 1 aromatic carbocycles. The van der Waals surface area contributed by atoms with Gasteiger partial charge in [0.05, 0.1) is 30.2 Å². The van der Waals surface area contributed by atoms with Crippen LogP contribution in [0.4, 0.5) is 4.39 Å². The molecule has 2 N–H and O–H groups in total. The van der Waals surface area contributed by atoms with Crippen LogP contribution in [0.1, 0.15) is 41.3 Å². The summed E-state index contributed by atoms with van der Waals surface area (Å²) in [6, 6.07) is 5.53. The van der Waals surface area contributed by atoms with Gasteiger partial charge >= 0.3 is 5.97 Å². The van der Waals surface area contributed by atoms with Crippen molar-refractivity contribution in [2.45, 2.75) is 31.5 Å². The summed E-state index contributed by atoms with van der Waals surface area (Å²) in [7, 11) is 0. The fourth-order valence-electron chi connectivity index (χ4n) is 2.98. The number of fused-ring (bicyclic) bond motifs is 1. The van der Waals surface area contributed by atoms with Gasteiger partial charge in [-0.2, -0.15) is 5.10 Å². The van der Waals surface area contributed by atoms with E-state index in [0.717, 1.165) is 18.9 Å². The van der Waals surface area contributed by atoms with Crippen molar-refractivity contribution in [3.63, 3.8) is 0 Å². The highest BCUT2D eigenvalue weighted by molar-refractivity contribution is 5.88. The summed E-state index contributed by atoms with van der Waals surface area (Å²) in [4.78, 5) is 15.3. The summed E-state index contributed by atoms with van der Waals surface area (Å²) in [5, 5.41) is 24.1. The number of carboxylic acids is 1. The van der Waals surface area contributed by atoms with Crippen LogP contribution in [0.2, 0.25) is 0 Å². The standard InChI is InChI=1S/C19H18FN3O4/c20-16-7-13(4-5-15(16)19(25)26)23-18-12(9-22-23)6-11(8-21-18)17(24)10-27-14-2-1-3-14/h4-9,14,17,24H,1-3,10H2,(H,25,26)/t17-/m0/s1. The fourth-order valence-corrected chi connectivity index (χ4v) is 2.98. The van der Waals surface area contributed by atoms with Crippen LogP contribution in [-0.4, -0.2) is 43.7 Å². The van der Waals surface area contributed by atoms with E-state index in [4.69, 9.17) is 9.84 Å². The Morgan fingerprint density at radius 1 is 1.33 bits per heavy atom. The molecule has 1 aliphatic carbocycles. The zero-order chi connectivity index (χ0) is 19.0. The van der Waals surface area contributed by atoms with Crippen molar-refractivity contribution in [3.8, 4) is 5.69 Å². The predicted molar refractivity (Wildman–Crippen MR) is 94.3 cm³/mol. The molecule has 3 aromatic rings. The van der Waals surface area contributed by atoms with E-state index in [1.165, 1.54) is 29.4 Å². The summed E-state index contributed by atoms with van der Waals surface area (Å²) < 4.78 is 21.0. The van der Waals surface area contributed by atoms with Crippen molar-refractivity contribution in [1.29, 1.82) is 0 Å². The minimum atomic E-state index is -1.33. The fraction of sp³-hybridized carbons (Fsp3) is 0.316. The normalized spacial score (nSPS) is 15.6. The Bertz CT molecular complexity index is 1000. The van der Waals surface area contributed by atoms with Gasteiger partial charge in [0.2, 0.25) is 0 Å². The smallest absolute Gasteiger partial charge is 0.338 e. The highest BCUT2D eigenvalue weighted by Gasteiger charge is 2.20. The number of benzene rings is 1. The number of pyridine rings is 1. The van der Waals surface area contributed by atoms with Gasteiger partial charge in [-0.05, 0) is 37.5 Å². The van der Waals surface area contributed by atoms with Crippen molar-refractivity contribution in [2.24, 2.45) is 0 Å². The maximum atomic E-state index is 14.0. The molecule has 2 heterocycles. The Labute approximate surface area is 154 Å². The third-order valence-electron chi connectivity index (χ3n) is 4.78. The average molecular weight is 371 g/mol. The molecule has 2 aromatic heterocycles. The molecule has 1 fully saturated rings. The molecule has 0 unspecified atom stereocenters. The minimum Gasteiger partial charge on any atom is -0.478 e. The van der Waals surface area contributed by atoms with Crippen LogP contribution in [-0.2, 0) is 4.74 Å². The quantitative estimate of drug-likeness (QED) is 0.692. The number of rotatable bonds is 6. The number of nitrogens with zero attached hydrogens (tertiary/aromatic N) is 3. The second kappa shape index (κ2) is 7.05. The molecule has 0 amide bonds. The molecule has 1 atom stereocenters. The second-order valence-corrected chi connectivity index (χ2v) is 6.61. The van der Waals surface area contributed by atoms with Gasteiger partial charge in [0.25, 0.3) is 0 Å². The second-order valence-electron chi connectivity index (χ2n) is 6.61. The minimum absolute atomic E-state index is 0.216. The highest BCUT2D eigenvalue weighted by Crippen LogP contribution is 2.25. The van der Waals surface area contributed by atoms with E-state index in [2.05, 4.69) is 10.1 Å². The number of carboxylic acid groups (broad SMARTS) is 1. The average Bonchev–Trinajstić information content (AvgIpc) is 3.03. The monoisotopic (exact) mass is 371 g/mol. The van der Waals surface area contributed by atoms with Crippen LogP contribution in [0, 0.1) is 5.82 Å². The van der Waals surface area contributed by atoms with Crippen molar-refractivity contribution in [1.82, 2.24) is 14.8 Å². The third-order valence-corrected chi connectivity index (χ3v) is 4.78. The van der Waals surface area contributed by atoms with Crippen molar-refractivity contribution < 1.29 is 24.1 Å². The zero-order valence-electron chi connectivity index (χ0n) is 14.4. The van der Waals surface area contributed by atoms with E-state index in [1.807, 2.05) is 0 Å². The molecule has 0 aliphatic heterocycles. The third kappa shape index (κ3) is 3.41. The summed E-state index contributed by atoms with van der Waals surface area (Å²) in [6.45, 7) is 0.216. The largest absolute Gasteiger partial charge is 0.478 e. The molecule has 8 heteroatoms. The number of aliphatic hydroxyl groups excluding tert-OH is 1. The van der Waals surface area contributed by atoms with Gasteiger partial charge in [0.15, 0.2) is 5.65 Å². The molecule has 4 rings (SSSR count). The predicted octanol–water partition coefficient (Wildman–Crippen LogP) is 2.86. The molecule has 1 saturated carbocycles. The Morgan fingerprint density at radius 3 is 2.81 bits per heavy atom. The lowest BCUT2D eigenvalue weighted by atomic mass is 9.96. The summed E-state index contributed by atoms with van der Waals surface area (Å²) >= 11 is 0. The lowest BCUT2D eigenvalue weighted by molar-refractivity contribution is -0.0427. The van der Waals surface area contributed by atoms with Gasteiger partial charge in [-0.15, -0.1) is 0 Å². The lowest BCUT2D eigenvalue weighted by Crippen LogP contribution is -2.24. The van der Waals surface area contributed by atoms with Crippen LogP contribution in [0.5, 0.6) is 0 Å². The molecule has 1 aliphatic rings. The number of ether oxygens (including phenoxy) is 1. The van der Waals surface area contributed by atoms with Crippen LogP contribution in [0.15, 0.2) is 36.7 Å². The summed E-state index contributed by atoms with van der Waals surface area (Å²) in [5.74, 6) is -2.17. The SMILES string of the molecule is O=C(O)c1ccc(-n2ncc3cc([C@@H](O)COC4CCC4)cnc32)cc1F. The molecular formula is C19H18FN3O4. The number of halogens is 1. The highest BCUT2D eigenvalue weighted by atomic mass is 19.1. The van der Waals surface area contributed by atoms with Crippen LogP contribution < -0.4 is 0 Å². The number of aromatic nitrogens is 3. The number of aromatic carboxylic acids is 1. The van der Waals surface area contributed by atoms with E-state index in [1.54, 1.807) is 12.3 Å². The van der Waals surface area contributed by atoms with E-state index in [0.29, 0.717) is 22.3 Å². The van der Waals surface area contributed by atoms with Gasteiger partial charge < -0.3 is 14.9 Å². The Hall–Kier alpha value is -2.84. The first-order valence-electron chi connectivity index (χ1n) is 8.69. The Kier molecular flexibility index (Phi) is 4.59. The van der Waals surface area contributed by atoms with E-state index in [-0.39, 0.29) is 12.7 Å². The van der Waals surface area contributed by atoms with Gasteiger partial charge in [0, 0.05) is 23.2 Å². The van der Waals surface area contributed by atoms with Gasteiger partial charge in [-0.3, -0.25) is 0 Å². The van der Waals surface area contributed by atoms with E-state index in [9.17, 15) is 14.3 Å². The van der Waals surface area contributed by atoms with Crippen molar-refractivity contribution in [2.75, 3.05) is 6.61 Å². The maximum Gasteiger partial charge on any atom is 0.338 e. The first kappa shape index (κ1) is 17.6. The summed E-state index contributed by atoms with van der Waals surface area (Å²) in [6.07, 6.45) is 5.80. The maximum absolute atomic E-state index is 14.0. The van der Waals surface area contributed by atoms with Gasteiger partial charge in [-0.25, -0.2) is 18.9 Å². The van der Waals surface area contributed by atoms with Crippen LogP contribution >= 0.6 is 0 Å². The Morgan fingerprint density at radius 2 is 2.15 bits per heavy atom. The van der Waals surface area contributed by atoms with E-state index >= 15 is 0 Å². The topological polar surface area (TPSA) is 97.5 Å². The van der Waals surface area contributed by atoms with Crippen molar-refractivity contribution >= 4 is 17.0 Å². The number of hydrogen-bond donors (Lipinski definition) is 2. The number of carbonyl (C=O) groups is 1. The molecular weight excluding hydrogens is 353 g/mol. The van der Waals surface area contributed by atoms with Crippen LogP contribution in [0.25, 0.3) is 16.7 Å². The van der Waals surface area contributed by atoms with Crippen molar-refractivity contribution in [3.05, 3.63) is 53.6 Å². The zero-order valence-corrected chi connectivity index (χ0v) is 14.4. The lowest BCUT2D eigenvalue weighted by Gasteiger charge is -2.26. The first-order chi connectivity index (χ1) is 13.0. The summed E-state index contributed by atoms with van der Waals surface area (Å²) in [5.41, 5.74) is 1.06. The molecule has 27 heavy (non-hydrogen) atoms. The van der Waals surface area contributed by atoms with Gasteiger partial charge in [0.1, 0.15) is 11.9 Å². The Balaban J connectivity index is 1.58. The molecule has 140 valence electrons. The molecule has 0 spiro atoms.